The highest BCUT2D eigenvalue weighted by atomic mass is 16.4. The molecule has 0 saturated carbocycles. The number of pyridine rings is 2. The Morgan fingerprint density at radius 1 is 1.31 bits per heavy atom. The van der Waals surface area contributed by atoms with E-state index in [9.17, 15) is 4.79 Å². The first-order chi connectivity index (χ1) is 12.4. The predicted molar refractivity (Wildman–Crippen MR) is 102 cm³/mol. The molecule has 3 rings (SSSR count). The molecule has 0 aliphatic rings. The summed E-state index contributed by atoms with van der Waals surface area (Å²) >= 11 is 0. The van der Waals surface area contributed by atoms with Crippen LogP contribution in [0.1, 0.15) is 43.5 Å². The van der Waals surface area contributed by atoms with Crippen LogP contribution < -0.4 is 0 Å². The van der Waals surface area contributed by atoms with Crippen LogP contribution in [-0.4, -0.2) is 30.8 Å². The lowest BCUT2D eigenvalue weighted by Crippen LogP contribution is -2.05. The summed E-state index contributed by atoms with van der Waals surface area (Å²) in [6.07, 6.45) is 8.18. The van der Waals surface area contributed by atoms with E-state index < -0.39 is 5.97 Å². The van der Waals surface area contributed by atoms with Crippen LogP contribution in [0.3, 0.4) is 0 Å². The van der Waals surface area contributed by atoms with Crippen LogP contribution in [0.15, 0.2) is 30.7 Å². The molecule has 3 heterocycles. The number of fused-ring (bicyclic) bond motifs is 1. The molecular formula is C20H22N4O2. The molecule has 0 unspecified atom stereocenters. The second-order valence-corrected chi connectivity index (χ2v) is 6.56. The van der Waals surface area contributed by atoms with Crippen LogP contribution in [0, 0.1) is 6.92 Å². The molecular weight excluding hydrogens is 328 g/mol. The minimum Gasteiger partial charge on any atom is -0.478 e. The van der Waals surface area contributed by atoms with E-state index in [0.717, 1.165) is 45.1 Å². The van der Waals surface area contributed by atoms with Crippen molar-refractivity contribution in [1.82, 2.24) is 19.7 Å². The molecule has 0 aromatic carbocycles. The zero-order valence-corrected chi connectivity index (χ0v) is 15.4. The minimum absolute atomic E-state index is 0.129. The number of aryl methyl sites for hydroxylation is 2. The van der Waals surface area contributed by atoms with Gasteiger partial charge in [0.05, 0.1) is 11.9 Å². The third kappa shape index (κ3) is 3.22. The molecule has 0 aliphatic carbocycles. The largest absolute Gasteiger partial charge is 0.478 e. The lowest BCUT2D eigenvalue weighted by atomic mass is 9.92. The quantitative estimate of drug-likeness (QED) is 0.702. The molecule has 6 heteroatoms. The third-order valence-electron chi connectivity index (χ3n) is 4.26. The minimum atomic E-state index is -0.989. The first-order valence-corrected chi connectivity index (χ1v) is 8.64. The Labute approximate surface area is 152 Å². The van der Waals surface area contributed by atoms with Crippen molar-refractivity contribution in [2.75, 3.05) is 0 Å². The Balaban J connectivity index is 2.45. The maximum atomic E-state index is 11.1. The van der Waals surface area contributed by atoms with E-state index >= 15 is 0 Å². The zero-order valence-electron chi connectivity index (χ0n) is 15.4. The molecule has 0 fully saturated rings. The summed E-state index contributed by atoms with van der Waals surface area (Å²) in [5.41, 5.74) is 5.35. The Morgan fingerprint density at radius 3 is 2.69 bits per heavy atom. The second-order valence-electron chi connectivity index (χ2n) is 6.56. The number of nitrogens with zero attached hydrogens (tertiary/aromatic N) is 4. The fourth-order valence-electron chi connectivity index (χ4n) is 3.12. The van der Waals surface area contributed by atoms with Gasteiger partial charge in [0.25, 0.3) is 0 Å². The van der Waals surface area contributed by atoms with E-state index in [1.165, 1.54) is 0 Å². The number of rotatable bonds is 5. The summed E-state index contributed by atoms with van der Waals surface area (Å²) in [5.74, 6) is -0.859. The van der Waals surface area contributed by atoms with E-state index in [1.807, 2.05) is 24.6 Å². The summed E-state index contributed by atoms with van der Waals surface area (Å²) in [6, 6.07) is 2.05. The average Bonchev–Trinajstić information content (AvgIpc) is 3.01. The van der Waals surface area contributed by atoms with Gasteiger partial charge in [-0.15, -0.1) is 0 Å². The van der Waals surface area contributed by atoms with Gasteiger partial charge in [-0.3, -0.25) is 4.98 Å². The molecule has 134 valence electrons. The van der Waals surface area contributed by atoms with Crippen molar-refractivity contribution in [2.45, 2.75) is 40.2 Å². The van der Waals surface area contributed by atoms with Crippen LogP contribution in [0.5, 0.6) is 0 Å². The summed E-state index contributed by atoms with van der Waals surface area (Å²) in [4.78, 5) is 20.3. The summed E-state index contributed by atoms with van der Waals surface area (Å²) in [7, 11) is 0. The molecule has 0 spiro atoms. The Kier molecular flexibility index (Phi) is 4.84. The number of carboxylic acid groups (broad SMARTS) is 1. The molecule has 0 atom stereocenters. The van der Waals surface area contributed by atoms with E-state index in [2.05, 4.69) is 23.9 Å². The number of hydrogen-bond acceptors (Lipinski definition) is 4. The maximum Gasteiger partial charge on any atom is 0.328 e. The number of carboxylic acids is 1. The van der Waals surface area contributed by atoms with Gasteiger partial charge < -0.3 is 5.11 Å². The van der Waals surface area contributed by atoms with Gasteiger partial charge >= 0.3 is 5.97 Å². The van der Waals surface area contributed by atoms with Crippen LogP contribution in [0.4, 0.5) is 0 Å². The Hall–Kier alpha value is -3.02. The van der Waals surface area contributed by atoms with Crippen LogP contribution in [0.25, 0.3) is 28.2 Å². The molecule has 3 aromatic heterocycles. The molecule has 26 heavy (non-hydrogen) atoms. The monoisotopic (exact) mass is 350 g/mol. The van der Waals surface area contributed by atoms with Crippen molar-refractivity contribution in [3.8, 4) is 11.1 Å². The summed E-state index contributed by atoms with van der Waals surface area (Å²) in [6.45, 7) is 8.83. The van der Waals surface area contributed by atoms with Gasteiger partial charge in [0.15, 0.2) is 5.65 Å². The molecule has 6 nitrogen and oxygen atoms in total. The van der Waals surface area contributed by atoms with Crippen molar-refractivity contribution in [3.63, 3.8) is 0 Å². The molecule has 0 saturated heterocycles. The van der Waals surface area contributed by atoms with E-state index in [0.29, 0.717) is 6.54 Å². The fraction of sp³-hybridized carbons (Fsp3) is 0.300. The summed E-state index contributed by atoms with van der Waals surface area (Å²) < 4.78 is 1.86. The van der Waals surface area contributed by atoms with Crippen molar-refractivity contribution >= 4 is 23.1 Å². The predicted octanol–water partition coefficient (Wildman–Crippen LogP) is 4.04. The second kappa shape index (κ2) is 7.07. The fourth-order valence-corrected chi connectivity index (χ4v) is 3.12. The van der Waals surface area contributed by atoms with E-state index in [4.69, 9.17) is 10.1 Å². The highest BCUT2D eigenvalue weighted by Crippen LogP contribution is 2.36. The molecule has 0 bridgehead atoms. The average molecular weight is 350 g/mol. The zero-order chi connectivity index (χ0) is 18.8. The number of aliphatic carboxylic acids is 1. The van der Waals surface area contributed by atoms with Gasteiger partial charge in [0.1, 0.15) is 0 Å². The molecule has 0 amide bonds. The highest BCUT2D eigenvalue weighted by molar-refractivity contribution is 5.99. The van der Waals surface area contributed by atoms with E-state index in [1.54, 1.807) is 24.7 Å². The Bertz CT molecular complexity index is 1000. The van der Waals surface area contributed by atoms with Crippen LogP contribution in [0.2, 0.25) is 0 Å². The SMILES string of the molecule is CCn1ncc2c(-c3cncc(C)c3)c(C=CC(=O)O)c(C(C)C)nc21. The van der Waals surface area contributed by atoms with Crippen molar-refractivity contribution in [1.29, 1.82) is 0 Å². The van der Waals surface area contributed by atoms with Gasteiger partial charge in [0.2, 0.25) is 0 Å². The Morgan fingerprint density at radius 2 is 2.08 bits per heavy atom. The standard InChI is InChI=1S/C20H22N4O2/c1-5-24-20-16(11-22-24)18(14-8-13(4)9-21-10-14)15(6-7-17(25)26)19(23-20)12(2)3/h6-12H,5H2,1-4H3,(H,25,26). The lowest BCUT2D eigenvalue weighted by molar-refractivity contribution is -0.131. The van der Waals surface area contributed by atoms with Crippen molar-refractivity contribution in [3.05, 3.63) is 47.6 Å². The molecule has 0 radical (unpaired) electrons. The molecule has 0 aliphatic heterocycles. The number of aromatic nitrogens is 4. The molecule has 1 N–H and O–H groups in total. The number of carbonyl (C=O) groups is 1. The normalized spacial score (nSPS) is 11.7. The molecule has 3 aromatic rings. The summed E-state index contributed by atoms with van der Waals surface area (Å²) in [5, 5.41) is 14.5. The van der Waals surface area contributed by atoms with Gasteiger partial charge in [-0.25, -0.2) is 14.5 Å². The van der Waals surface area contributed by atoms with Crippen LogP contribution >= 0.6 is 0 Å². The maximum absolute atomic E-state index is 11.1. The first kappa shape index (κ1) is 17.8. The van der Waals surface area contributed by atoms with Gasteiger partial charge in [-0.1, -0.05) is 13.8 Å². The first-order valence-electron chi connectivity index (χ1n) is 8.64. The van der Waals surface area contributed by atoms with Crippen LogP contribution in [-0.2, 0) is 11.3 Å². The number of hydrogen-bond donors (Lipinski definition) is 1. The van der Waals surface area contributed by atoms with E-state index in [-0.39, 0.29) is 5.92 Å². The smallest absolute Gasteiger partial charge is 0.328 e. The highest BCUT2D eigenvalue weighted by Gasteiger charge is 2.20. The van der Waals surface area contributed by atoms with Crippen molar-refractivity contribution < 1.29 is 9.90 Å². The van der Waals surface area contributed by atoms with Gasteiger partial charge in [0, 0.05) is 47.1 Å². The van der Waals surface area contributed by atoms with Crippen molar-refractivity contribution in [2.24, 2.45) is 0 Å². The van der Waals surface area contributed by atoms with Gasteiger partial charge in [-0.2, -0.15) is 5.10 Å². The third-order valence-corrected chi connectivity index (χ3v) is 4.26. The lowest BCUT2D eigenvalue weighted by Gasteiger charge is -2.16. The topological polar surface area (TPSA) is 80.9 Å². The van der Waals surface area contributed by atoms with Gasteiger partial charge in [-0.05, 0) is 37.5 Å².